The third-order valence-corrected chi connectivity index (χ3v) is 4.59. The zero-order valence-electron chi connectivity index (χ0n) is 16.0. The minimum atomic E-state index is -0.537. The van der Waals surface area contributed by atoms with Gasteiger partial charge in [-0.1, -0.05) is 24.3 Å². The second-order valence-electron chi connectivity index (χ2n) is 6.69. The smallest absolute Gasteiger partial charge is 0.262 e. The molecule has 1 heterocycles. The van der Waals surface area contributed by atoms with E-state index < -0.39 is 11.7 Å². The number of rotatable bonds is 6. The molecule has 2 amide bonds. The van der Waals surface area contributed by atoms with Crippen molar-refractivity contribution in [2.45, 2.75) is 6.42 Å². The molecule has 0 radical (unpaired) electrons. The van der Waals surface area contributed by atoms with Crippen LogP contribution in [0.3, 0.4) is 0 Å². The van der Waals surface area contributed by atoms with Crippen molar-refractivity contribution >= 4 is 23.2 Å². The molecular formula is C23H19FN2O4. The molecular weight excluding hydrogens is 387 g/mol. The number of nitrogens with one attached hydrogen (secondary N) is 2. The second-order valence-corrected chi connectivity index (χ2v) is 6.69. The molecule has 2 N–H and O–H groups in total. The van der Waals surface area contributed by atoms with Gasteiger partial charge in [-0.15, -0.1) is 0 Å². The molecule has 0 bridgehead atoms. The Morgan fingerprint density at radius 2 is 1.80 bits per heavy atom. The monoisotopic (exact) mass is 406 g/mol. The molecule has 0 saturated carbocycles. The van der Waals surface area contributed by atoms with Crippen LogP contribution in [0.4, 0.5) is 15.8 Å². The number of hydrogen-bond acceptors (Lipinski definition) is 4. The average Bonchev–Trinajstić information content (AvgIpc) is 3.22. The first-order valence-electron chi connectivity index (χ1n) is 9.43. The Balaban J connectivity index is 1.41. The van der Waals surface area contributed by atoms with Crippen LogP contribution in [0.2, 0.25) is 0 Å². The van der Waals surface area contributed by atoms with Gasteiger partial charge in [0.1, 0.15) is 17.3 Å². The van der Waals surface area contributed by atoms with E-state index in [0.29, 0.717) is 12.3 Å². The zero-order valence-corrected chi connectivity index (χ0v) is 16.0. The van der Waals surface area contributed by atoms with Gasteiger partial charge >= 0.3 is 0 Å². The highest BCUT2D eigenvalue weighted by Gasteiger charge is 2.16. The Labute approximate surface area is 172 Å². The van der Waals surface area contributed by atoms with E-state index in [-0.39, 0.29) is 29.5 Å². The molecule has 6 nitrogen and oxygen atoms in total. The van der Waals surface area contributed by atoms with Crippen molar-refractivity contribution in [2.75, 3.05) is 23.8 Å². The molecule has 0 spiro atoms. The number of benzene rings is 3. The summed E-state index contributed by atoms with van der Waals surface area (Å²) in [5.41, 5.74) is 2.05. The maximum absolute atomic E-state index is 13.7. The molecule has 3 aromatic rings. The summed E-state index contributed by atoms with van der Waals surface area (Å²) < 4.78 is 24.7. The van der Waals surface area contributed by atoms with Gasteiger partial charge in [0.15, 0.2) is 6.61 Å². The fraction of sp³-hybridized carbons (Fsp3) is 0.130. The number of amides is 2. The largest absolute Gasteiger partial charge is 0.493 e. The molecule has 0 fully saturated rings. The van der Waals surface area contributed by atoms with Gasteiger partial charge in [-0.3, -0.25) is 9.59 Å². The fourth-order valence-corrected chi connectivity index (χ4v) is 3.14. The molecule has 1 aliphatic heterocycles. The van der Waals surface area contributed by atoms with Crippen LogP contribution in [0.1, 0.15) is 15.9 Å². The van der Waals surface area contributed by atoms with E-state index in [4.69, 9.17) is 9.47 Å². The van der Waals surface area contributed by atoms with Crippen molar-refractivity contribution < 1.29 is 23.5 Å². The first-order valence-corrected chi connectivity index (χ1v) is 9.43. The summed E-state index contributed by atoms with van der Waals surface area (Å²) in [5, 5.41) is 5.28. The lowest BCUT2D eigenvalue weighted by Gasteiger charge is -2.12. The summed E-state index contributed by atoms with van der Waals surface area (Å²) in [6, 6.07) is 17.9. The Hall–Kier alpha value is -3.87. The molecule has 0 aromatic heterocycles. The van der Waals surface area contributed by atoms with Crippen LogP contribution in [-0.4, -0.2) is 25.0 Å². The predicted molar refractivity (Wildman–Crippen MR) is 111 cm³/mol. The number of ether oxygens (including phenoxy) is 2. The van der Waals surface area contributed by atoms with E-state index in [0.717, 1.165) is 17.7 Å². The van der Waals surface area contributed by atoms with Gasteiger partial charge in [0.05, 0.1) is 17.9 Å². The summed E-state index contributed by atoms with van der Waals surface area (Å²) >= 11 is 0. The first kappa shape index (κ1) is 19.4. The molecule has 0 saturated heterocycles. The Morgan fingerprint density at radius 3 is 2.67 bits per heavy atom. The van der Waals surface area contributed by atoms with Crippen molar-refractivity contribution in [1.29, 1.82) is 0 Å². The average molecular weight is 406 g/mol. The number of hydrogen-bond donors (Lipinski definition) is 2. The molecule has 3 aromatic carbocycles. The van der Waals surface area contributed by atoms with Crippen LogP contribution in [0.15, 0.2) is 66.7 Å². The standard InChI is InChI=1S/C23H19FN2O4/c24-18-6-2-3-7-19(18)26-22(27)14-30-21-8-4-1-5-17(21)23(28)25-16-9-10-20-15(13-16)11-12-29-20/h1-10,13H,11-12,14H2,(H,25,28)(H,26,27). The Morgan fingerprint density at radius 1 is 1.00 bits per heavy atom. The highest BCUT2D eigenvalue weighted by atomic mass is 19.1. The van der Waals surface area contributed by atoms with E-state index in [2.05, 4.69) is 10.6 Å². The minimum absolute atomic E-state index is 0.0673. The van der Waals surface area contributed by atoms with E-state index in [1.807, 2.05) is 12.1 Å². The third-order valence-electron chi connectivity index (χ3n) is 4.59. The van der Waals surface area contributed by atoms with Crippen LogP contribution < -0.4 is 20.1 Å². The number of fused-ring (bicyclic) bond motifs is 1. The van der Waals surface area contributed by atoms with E-state index >= 15 is 0 Å². The molecule has 0 aliphatic carbocycles. The van der Waals surface area contributed by atoms with Crippen LogP contribution in [0, 0.1) is 5.82 Å². The van der Waals surface area contributed by atoms with E-state index in [1.165, 1.54) is 18.2 Å². The number of carbonyl (C=O) groups is 2. The first-order chi connectivity index (χ1) is 14.6. The highest BCUT2D eigenvalue weighted by molar-refractivity contribution is 6.06. The lowest BCUT2D eigenvalue weighted by Crippen LogP contribution is -2.22. The summed E-state index contributed by atoms with van der Waals surface area (Å²) in [7, 11) is 0. The third kappa shape index (κ3) is 4.41. The number of para-hydroxylation sites is 2. The summed E-state index contributed by atoms with van der Waals surface area (Å²) in [4.78, 5) is 24.8. The van der Waals surface area contributed by atoms with Crippen molar-refractivity contribution in [3.8, 4) is 11.5 Å². The highest BCUT2D eigenvalue weighted by Crippen LogP contribution is 2.28. The van der Waals surface area contributed by atoms with E-state index in [1.54, 1.807) is 36.4 Å². The number of anilines is 2. The van der Waals surface area contributed by atoms with Gasteiger partial charge in [0.2, 0.25) is 0 Å². The number of carbonyl (C=O) groups excluding carboxylic acids is 2. The lowest BCUT2D eigenvalue weighted by atomic mass is 10.1. The van der Waals surface area contributed by atoms with Crippen LogP contribution in [0.5, 0.6) is 11.5 Å². The minimum Gasteiger partial charge on any atom is -0.493 e. The van der Waals surface area contributed by atoms with Gasteiger partial charge in [-0.25, -0.2) is 4.39 Å². The van der Waals surface area contributed by atoms with Gasteiger partial charge in [-0.2, -0.15) is 0 Å². The van der Waals surface area contributed by atoms with E-state index in [9.17, 15) is 14.0 Å². The van der Waals surface area contributed by atoms with Crippen LogP contribution in [0.25, 0.3) is 0 Å². The van der Waals surface area contributed by atoms with Gasteiger partial charge in [-0.05, 0) is 48.0 Å². The normalized spacial score (nSPS) is 11.9. The molecule has 152 valence electrons. The lowest BCUT2D eigenvalue weighted by molar-refractivity contribution is -0.118. The molecule has 30 heavy (non-hydrogen) atoms. The fourth-order valence-electron chi connectivity index (χ4n) is 3.14. The second kappa shape index (κ2) is 8.65. The SMILES string of the molecule is O=C(COc1ccccc1C(=O)Nc1ccc2c(c1)CCO2)Nc1ccccc1F. The molecule has 1 aliphatic rings. The molecule has 7 heteroatoms. The Bertz CT molecular complexity index is 1100. The molecule has 4 rings (SSSR count). The van der Waals surface area contributed by atoms with Crippen LogP contribution in [-0.2, 0) is 11.2 Å². The van der Waals surface area contributed by atoms with Gasteiger partial charge < -0.3 is 20.1 Å². The van der Waals surface area contributed by atoms with Gasteiger partial charge in [0, 0.05) is 12.1 Å². The summed E-state index contributed by atoms with van der Waals surface area (Å²) in [6.07, 6.45) is 0.801. The summed E-state index contributed by atoms with van der Waals surface area (Å²) in [6.45, 7) is 0.271. The summed E-state index contributed by atoms with van der Waals surface area (Å²) in [5.74, 6) is -0.348. The van der Waals surface area contributed by atoms with Crippen molar-refractivity contribution in [3.63, 3.8) is 0 Å². The topological polar surface area (TPSA) is 76.7 Å². The van der Waals surface area contributed by atoms with Crippen LogP contribution >= 0.6 is 0 Å². The van der Waals surface area contributed by atoms with Crippen molar-refractivity contribution in [3.05, 3.63) is 83.7 Å². The predicted octanol–water partition coefficient (Wildman–Crippen LogP) is 4.03. The molecule has 0 unspecified atom stereocenters. The molecule has 0 atom stereocenters. The number of halogens is 1. The van der Waals surface area contributed by atoms with Gasteiger partial charge in [0.25, 0.3) is 11.8 Å². The quantitative estimate of drug-likeness (QED) is 0.648. The van der Waals surface area contributed by atoms with Crippen molar-refractivity contribution in [1.82, 2.24) is 0 Å². The maximum Gasteiger partial charge on any atom is 0.262 e. The van der Waals surface area contributed by atoms with Crippen molar-refractivity contribution in [2.24, 2.45) is 0 Å². The Kier molecular flexibility index (Phi) is 5.61. The zero-order chi connectivity index (χ0) is 20.9. The maximum atomic E-state index is 13.7.